The van der Waals surface area contributed by atoms with Gasteiger partial charge in [-0.2, -0.15) is 0 Å². The van der Waals surface area contributed by atoms with E-state index < -0.39 is 77.3 Å². The molecule has 318 valence electrons. The van der Waals surface area contributed by atoms with Crippen LogP contribution in [0.2, 0.25) is 0 Å². The van der Waals surface area contributed by atoms with Crippen molar-refractivity contribution in [3.63, 3.8) is 0 Å². The standard InChI is InChI=1S/C43H51N3O11.CH4O/c1-19-14-16-46-28(18-19)44-32-29-30-37(50)25(7)40-31(29)41(52)43(9,57-40)55-17-15-27(54-10)22(4)39(56-26(8)47)24(6)36(49)23(5)35(48)20(2)12-11-13-21(3)42(53)45-33(34(32)46)38(30)51;1-2/h11-18,20,22-24,27,35-36,39,48-51H,1-10H3,(H,45,53);2H,1H3/b12-11+,17-15+,21-13-;/t20-,22+,23+,24+,27-,35-,36+,39+,43-;/m0./s1. The lowest BCUT2D eigenvalue weighted by Crippen LogP contribution is -2.46. The number of anilines is 1. The highest BCUT2D eigenvalue weighted by molar-refractivity contribution is 6.28. The third kappa shape index (κ3) is 7.99. The fourth-order valence-corrected chi connectivity index (χ4v) is 8.03. The van der Waals surface area contributed by atoms with Gasteiger partial charge < -0.3 is 49.8 Å². The van der Waals surface area contributed by atoms with Gasteiger partial charge in [-0.15, -0.1) is 0 Å². The van der Waals surface area contributed by atoms with E-state index in [1.54, 1.807) is 63.4 Å². The van der Waals surface area contributed by atoms with Gasteiger partial charge in [0, 0.05) is 74.5 Å². The van der Waals surface area contributed by atoms with Crippen LogP contribution in [0.3, 0.4) is 0 Å². The normalized spacial score (nSPS) is 29.9. The zero-order valence-electron chi connectivity index (χ0n) is 35.2. The zero-order valence-corrected chi connectivity index (χ0v) is 35.2. The summed E-state index contributed by atoms with van der Waals surface area (Å²) in [6, 6.07) is 3.64. The van der Waals surface area contributed by atoms with Crippen molar-refractivity contribution in [2.24, 2.45) is 23.7 Å². The Morgan fingerprint density at radius 2 is 1.64 bits per heavy atom. The van der Waals surface area contributed by atoms with Crippen LogP contribution in [0.5, 0.6) is 17.2 Å². The molecule has 4 aromatic rings. The van der Waals surface area contributed by atoms with Gasteiger partial charge in [0.1, 0.15) is 40.0 Å². The Morgan fingerprint density at radius 1 is 0.966 bits per heavy atom. The highest BCUT2D eigenvalue weighted by Gasteiger charge is 2.50. The van der Waals surface area contributed by atoms with Crippen LogP contribution in [0.15, 0.2) is 54.5 Å². The molecule has 4 heterocycles. The fraction of sp³-hybridized carbons (Fsp3) is 0.455. The van der Waals surface area contributed by atoms with Gasteiger partial charge in [0.15, 0.2) is 5.75 Å². The predicted molar refractivity (Wildman–Crippen MR) is 221 cm³/mol. The average Bonchev–Trinajstić information content (AvgIpc) is 3.71. The number of aryl methyl sites for hydroxylation is 1. The van der Waals surface area contributed by atoms with E-state index in [1.807, 2.05) is 19.1 Å². The van der Waals surface area contributed by atoms with Crippen LogP contribution >= 0.6 is 0 Å². The Hall–Kier alpha value is -5.48. The number of nitrogens with zero attached hydrogens (tertiary/aromatic N) is 2. The number of hydrogen-bond acceptors (Lipinski definition) is 13. The second-order valence-corrected chi connectivity index (χ2v) is 15.6. The second kappa shape index (κ2) is 17.4. The fourth-order valence-electron chi connectivity index (χ4n) is 8.03. The highest BCUT2D eigenvalue weighted by atomic mass is 16.7. The largest absolute Gasteiger partial charge is 0.507 e. The van der Waals surface area contributed by atoms with E-state index in [0.717, 1.165) is 12.7 Å². The molecule has 6 rings (SSSR count). The second-order valence-electron chi connectivity index (χ2n) is 15.6. The molecule has 6 N–H and O–H groups in total. The van der Waals surface area contributed by atoms with Gasteiger partial charge in [-0.3, -0.25) is 18.8 Å². The van der Waals surface area contributed by atoms with Crippen LogP contribution in [-0.2, 0) is 23.8 Å². The summed E-state index contributed by atoms with van der Waals surface area (Å²) < 4.78 is 25.5. The maximum Gasteiger partial charge on any atom is 0.312 e. The van der Waals surface area contributed by atoms with E-state index >= 15 is 0 Å². The molecular weight excluding hydrogens is 762 g/mol. The SMILES string of the molecule is CO.CO[C@H]1/C=C/O[C@@]2(C)Oc3c(C)c(O)c4c(O)c(c5c(nc6cc(C)ccn65)c4c3C2=O)NC(=O)/C(C)=C\C=C\[C@H](C)[C@H](O)[C@@H](C)[C@@H](O)[C@@H](C)[C@H](OC(C)=O)[C@@H]1C. The van der Waals surface area contributed by atoms with Crippen molar-refractivity contribution >= 4 is 50.8 Å². The lowest BCUT2D eigenvalue weighted by molar-refractivity contribution is -0.160. The molecule has 2 aliphatic heterocycles. The molecule has 0 fully saturated rings. The number of nitrogens with one attached hydrogen (secondary N) is 1. The first-order valence-electron chi connectivity index (χ1n) is 19.4. The number of ketones is 1. The minimum Gasteiger partial charge on any atom is -0.507 e. The number of hydrogen-bond donors (Lipinski definition) is 6. The summed E-state index contributed by atoms with van der Waals surface area (Å²) in [6.45, 7) is 14.7. The number of phenols is 2. The summed E-state index contributed by atoms with van der Waals surface area (Å²) in [5.74, 6) is -6.96. The number of pyridine rings is 1. The third-order valence-electron chi connectivity index (χ3n) is 11.5. The van der Waals surface area contributed by atoms with Crippen LogP contribution in [0.25, 0.3) is 27.5 Å². The number of fused-ring (bicyclic) bond motifs is 2. The van der Waals surface area contributed by atoms with Gasteiger partial charge in [-0.05, 0) is 44.5 Å². The minimum atomic E-state index is -1.96. The molecule has 15 heteroatoms. The number of benzene rings is 2. The summed E-state index contributed by atoms with van der Waals surface area (Å²) in [6.07, 6.45) is 5.62. The summed E-state index contributed by atoms with van der Waals surface area (Å²) in [4.78, 5) is 45.6. The average molecular weight is 818 g/mol. The van der Waals surface area contributed by atoms with E-state index in [9.17, 15) is 34.8 Å². The number of aromatic nitrogens is 2. The van der Waals surface area contributed by atoms with Gasteiger partial charge in [0.25, 0.3) is 11.7 Å². The molecule has 1 amide bonds. The van der Waals surface area contributed by atoms with Crippen molar-refractivity contribution in [1.29, 1.82) is 0 Å². The van der Waals surface area contributed by atoms with E-state index in [0.29, 0.717) is 5.65 Å². The molecule has 59 heavy (non-hydrogen) atoms. The van der Waals surface area contributed by atoms with Crippen molar-refractivity contribution in [1.82, 2.24) is 9.38 Å². The predicted octanol–water partition coefficient (Wildman–Crippen LogP) is 5.77. The number of rotatable bonds is 2. The molecule has 0 radical (unpaired) electrons. The molecule has 0 aliphatic carbocycles. The Balaban J connectivity index is 0.00000326. The number of aliphatic hydroxyl groups is 3. The zero-order chi connectivity index (χ0) is 43.8. The van der Waals surface area contributed by atoms with E-state index in [2.05, 4.69) is 5.32 Å². The molecule has 4 bridgehead atoms. The Kier molecular flexibility index (Phi) is 13.2. The van der Waals surface area contributed by atoms with Crippen molar-refractivity contribution in [2.45, 2.75) is 92.5 Å². The number of esters is 1. The third-order valence-corrected chi connectivity index (χ3v) is 11.5. The lowest BCUT2D eigenvalue weighted by atomic mass is 9.78. The number of aromatic hydroxyl groups is 2. The first-order valence-corrected chi connectivity index (χ1v) is 19.4. The molecule has 2 aromatic carbocycles. The molecule has 0 unspecified atom stereocenters. The van der Waals surface area contributed by atoms with Crippen LogP contribution < -0.4 is 10.1 Å². The first-order chi connectivity index (χ1) is 27.8. The monoisotopic (exact) mass is 817 g/mol. The number of imidazole rings is 1. The van der Waals surface area contributed by atoms with E-state index in [-0.39, 0.29) is 55.7 Å². The van der Waals surface area contributed by atoms with Gasteiger partial charge >= 0.3 is 11.8 Å². The van der Waals surface area contributed by atoms with Crippen molar-refractivity contribution in [3.05, 3.63) is 71.2 Å². The summed E-state index contributed by atoms with van der Waals surface area (Å²) >= 11 is 0. The minimum absolute atomic E-state index is 0.0185. The number of amides is 1. The first kappa shape index (κ1) is 44.6. The van der Waals surface area contributed by atoms with Gasteiger partial charge in [-0.1, -0.05) is 45.9 Å². The molecule has 0 saturated carbocycles. The van der Waals surface area contributed by atoms with Gasteiger partial charge in [0.05, 0.1) is 35.5 Å². The quantitative estimate of drug-likeness (QED) is 0.105. The summed E-state index contributed by atoms with van der Waals surface area (Å²) in [5.41, 5.74) is 2.18. The van der Waals surface area contributed by atoms with Crippen molar-refractivity contribution in [2.75, 3.05) is 19.5 Å². The number of methoxy groups -OCH3 is 1. The molecule has 0 spiro atoms. The van der Waals surface area contributed by atoms with E-state index in [4.69, 9.17) is 29.0 Å². The van der Waals surface area contributed by atoms with Crippen LogP contribution in [0.1, 0.15) is 70.0 Å². The highest BCUT2D eigenvalue weighted by Crippen LogP contribution is 2.54. The number of allylic oxidation sites excluding steroid dienone is 2. The maximum atomic E-state index is 14.6. The molecule has 2 aromatic heterocycles. The topological polar surface area (TPSA) is 219 Å². The molecule has 2 aliphatic rings. The molecular formula is C44H55N3O12. The van der Waals surface area contributed by atoms with Gasteiger partial charge in [0.2, 0.25) is 0 Å². The Bertz CT molecular complexity index is 2380. The summed E-state index contributed by atoms with van der Waals surface area (Å²) in [5, 5.41) is 56.4. The number of Topliss-reactive ketones (excluding diaryl/α,β-unsaturated/α-hetero) is 1. The molecule has 0 saturated heterocycles. The molecule has 15 nitrogen and oxygen atoms in total. The number of carbonyl (C=O) groups is 3. The number of phenolic OH excluding ortho intramolecular Hbond substituents is 2. The van der Waals surface area contributed by atoms with Crippen molar-refractivity contribution in [3.8, 4) is 17.2 Å². The number of carbonyl (C=O) groups excluding carboxylic acids is 3. The van der Waals surface area contributed by atoms with Crippen LogP contribution in [-0.4, -0.2) is 97.0 Å². The number of ether oxygens (including phenoxy) is 4. The number of aliphatic hydroxyl groups excluding tert-OH is 3. The lowest BCUT2D eigenvalue weighted by Gasteiger charge is -2.38. The molecule has 9 atom stereocenters. The van der Waals surface area contributed by atoms with Gasteiger partial charge in [-0.25, -0.2) is 4.98 Å². The van der Waals surface area contributed by atoms with Crippen LogP contribution in [0.4, 0.5) is 5.69 Å². The smallest absolute Gasteiger partial charge is 0.312 e. The van der Waals surface area contributed by atoms with E-state index in [1.165, 1.54) is 40.2 Å². The van der Waals surface area contributed by atoms with Crippen LogP contribution in [0, 0.1) is 37.5 Å². The maximum absolute atomic E-state index is 14.6. The Morgan fingerprint density at radius 3 is 2.29 bits per heavy atom. The van der Waals surface area contributed by atoms with Crippen molar-refractivity contribution < 1.29 is 58.9 Å². The summed E-state index contributed by atoms with van der Waals surface area (Å²) in [7, 11) is 2.46. The Labute approximate surface area is 342 Å².